The summed E-state index contributed by atoms with van der Waals surface area (Å²) in [6, 6.07) is 13.1. The van der Waals surface area contributed by atoms with Gasteiger partial charge in [0.05, 0.1) is 12.7 Å². The Morgan fingerprint density at radius 3 is 2.35 bits per heavy atom. The number of hydrogen-bond donors (Lipinski definition) is 0. The fourth-order valence-corrected chi connectivity index (χ4v) is 2.46. The first-order valence-corrected chi connectivity index (χ1v) is 7.49. The summed E-state index contributed by atoms with van der Waals surface area (Å²) in [5, 5.41) is 0. The monoisotopic (exact) mass is 312 g/mol. The summed E-state index contributed by atoms with van der Waals surface area (Å²) in [6.07, 6.45) is 0.626. The van der Waals surface area contributed by atoms with Crippen LogP contribution in [0.15, 0.2) is 42.5 Å². The molecule has 0 spiro atoms. The topological polar surface area (TPSA) is 52.6 Å². The lowest BCUT2D eigenvalue weighted by Gasteiger charge is -2.14. The molecule has 0 aliphatic rings. The highest BCUT2D eigenvalue weighted by atomic mass is 16.5. The van der Waals surface area contributed by atoms with Crippen LogP contribution in [0.25, 0.3) is 0 Å². The lowest BCUT2D eigenvalue weighted by molar-refractivity contribution is 0.0596. The first-order valence-electron chi connectivity index (χ1n) is 7.49. The van der Waals surface area contributed by atoms with Gasteiger partial charge in [-0.1, -0.05) is 37.3 Å². The van der Waals surface area contributed by atoms with Gasteiger partial charge in [-0.2, -0.15) is 0 Å². The lowest BCUT2D eigenvalue weighted by Crippen LogP contribution is -2.12. The van der Waals surface area contributed by atoms with Crippen LogP contribution in [0.3, 0.4) is 0 Å². The van der Waals surface area contributed by atoms with Crippen LogP contribution in [-0.2, 0) is 17.8 Å². The van der Waals surface area contributed by atoms with Crippen molar-refractivity contribution in [2.24, 2.45) is 0 Å². The quantitative estimate of drug-likeness (QED) is 0.601. The van der Waals surface area contributed by atoms with Gasteiger partial charge < -0.3 is 9.47 Å². The second-order valence-electron chi connectivity index (χ2n) is 5.18. The standard InChI is InChI=1S/C19H20O4/c1-4-15-10-16(23-12-14-8-6-5-7-9-14)11-17(19(21)22-3)18(15)13(2)20/h5-11H,4,12H2,1-3H3. The maximum atomic E-state index is 12.0. The fourth-order valence-electron chi connectivity index (χ4n) is 2.46. The van der Waals surface area contributed by atoms with Gasteiger partial charge in [0.25, 0.3) is 0 Å². The number of esters is 1. The van der Waals surface area contributed by atoms with Crippen LogP contribution < -0.4 is 4.74 Å². The smallest absolute Gasteiger partial charge is 0.338 e. The Bertz CT molecular complexity index is 705. The summed E-state index contributed by atoms with van der Waals surface area (Å²) in [7, 11) is 1.30. The number of benzene rings is 2. The van der Waals surface area contributed by atoms with Crippen molar-refractivity contribution in [2.75, 3.05) is 7.11 Å². The molecule has 2 aromatic carbocycles. The number of ether oxygens (including phenoxy) is 2. The molecule has 0 N–H and O–H groups in total. The first-order chi connectivity index (χ1) is 11.1. The van der Waals surface area contributed by atoms with Gasteiger partial charge in [0.1, 0.15) is 12.4 Å². The molecule has 0 bridgehead atoms. The van der Waals surface area contributed by atoms with Crippen LogP contribution in [0, 0.1) is 0 Å². The van der Waals surface area contributed by atoms with E-state index in [9.17, 15) is 9.59 Å². The Morgan fingerprint density at radius 2 is 1.78 bits per heavy atom. The van der Waals surface area contributed by atoms with E-state index in [0.29, 0.717) is 24.3 Å². The number of rotatable bonds is 6. The molecule has 120 valence electrons. The summed E-state index contributed by atoms with van der Waals surface area (Å²) in [5.41, 5.74) is 2.47. The van der Waals surface area contributed by atoms with Gasteiger partial charge in [0.15, 0.2) is 5.78 Å². The second kappa shape index (κ2) is 7.58. The number of Topliss-reactive ketones (excluding diaryl/α,β-unsaturated/α-hetero) is 1. The molecule has 0 aliphatic heterocycles. The van der Waals surface area contributed by atoms with Crippen molar-refractivity contribution < 1.29 is 19.1 Å². The molecule has 0 saturated carbocycles. The summed E-state index contributed by atoms with van der Waals surface area (Å²) in [4.78, 5) is 23.9. The molecule has 4 nitrogen and oxygen atoms in total. The minimum absolute atomic E-state index is 0.156. The summed E-state index contributed by atoms with van der Waals surface area (Å²) < 4.78 is 10.6. The van der Waals surface area contributed by atoms with E-state index in [1.54, 1.807) is 6.07 Å². The van der Waals surface area contributed by atoms with E-state index in [1.807, 2.05) is 43.3 Å². The number of carbonyl (C=O) groups excluding carboxylic acids is 2. The molecule has 0 atom stereocenters. The highest BCUT2D eigenvalue weighted by Crippen LogP contribution is 2.25. The predicted octanol–water partition coefficient (Wildman–Crippen LogP) is 3.82. The molecule has 4 heteroatoms. The zero-order valence-electron chi connectivity index (χ0n) is 13.6. The van der Waals surface area contributed by atoms with Crippen molar-refractivity contribution in [3.8, 4) is 5.75 Å². The summed E-state index contributed by atoms with van der Waals surface area (Å²) in [6.45, 7) is 3.78. The SMILES string of the molecule is CCc1cc(OCc2ccccc2)cc(C(=O)OC)c1C(C)=O. The van der Waals surface area contributed by atoms with Crippen LogP contribution in [0.4, 0.5) is 0 Å². The molecule has 23 heavy (non-hydrogen) atoms. The van der Waals surface area contributed by atoms with Crippen LogP contribution in [0.1, 0.15) is 45.7 Å². The van der Waals surface area contributed by atoms with Crippen LogP contribution in [0.5, 0.6) is 5.75 Å². The first kappa shape index (κ1) is 16.7. The number of carbonyl (C=O) groups is 2. The Labute approximate surface area is 136 Å². The van der Waals surface area contributed by atoms with E-state index < -0.39 is 5.97 Å². The second-order valence-corrected chi connectivity index (χ2v) is 5.18. The van der Waals surface area contributed by atoms with Crippen molar-refractivity contribution in [3.05, 3.63) is 64.7 Å². The van der Waals surface area contributed by atoms with Gasteiger partial charge in [-0.15, -0.1) is 0 Å². The van der Waals surface area contributed by atoms with Gasteiger partial charge >= 0.3 is 5.97 Å². The molecule has 0 radical (unpaired) electrons. The molecule has 0 aromatic heterocycles. The van der Waals surface area contributed by atoms with Crippen molar-refractivity contribution >= 4 is 11.8 Å². The van der Waals surface area contributed by atoms with E-state index in [2.05, 4.69) is 0 Å². The largest absolute Gasteiger partial charge is 0.489 e. The van der Waals surface area contributed by atoms with E-state index in [-0.39, 0.29) is 11.3 Å². The molecule has 2 rings (SSSR count). The Kier molecular flexibility index (Phi) is 5.52. The van der Waals surface area contributed by atoms with E-state index in [1.165, 1.54) is 14.0 Å². The number of methoxy groups -OCH3 is 1. The number of ketones is 1. The minimum Gasteiger partial charge on any atom is -0.489 e. The molecular weight excluding hydrogens is 292 g/mol. The normalized spacial score (nSPS) is 10.2. The molecule has 0 saturated heterocycles. The average Bonchev–Trinajstić information content (AvgIpc) is 2.58. The zero-order chi connectivity index (χ0) is 16.8. The highest BCUT2D eigenvalue weighted by molar-refractivity contribution is 6.06. The Balaban J connectivity index is 2.37. The molecule has 0 heterocycles. The van der Waals surface area contributed by atoms with Crippen LogP contribution in [-0.4, -0.2) is 18.9 Å². The minimum atomic E-state index is -0.532. The van der Waals surface area contributed by atoms with E-state index in [4.69, 9.17) is 9.47 Å². The number of hydrogen-bond acceptors (Lipinski definition) is 4. The van der Waals surface area contributed by atoms with Crippen molar-refractivity contribution in [2.45, 2.75) is 26.9 Å². The van der Waals surface area contributed by atoms with Crippen molar-refractivity contribution in [1.29, 1.82) is 0 Å². The molecule has 0 amide bonds. The van der Waals surface area contributed by atoms with Crippen LogP contribution >= 0.6 is 0 Å². The van der Waals surface area contributed by atoms with Crippen LogP contribution in [0.2, 0.25) is 0 Å². The third kappa shape index (κ3) is 3.97. The van der Waals surface area contributed by atoms with Gasteiger partial charge in [0, 0.05) is 5.56 Å². The predicted molar refractivity (Wildman–Crippen MR) is 87.9 cm³/mol. The maximum Gasteiger partial charge on any atom is 0.338 e. The zero-order valence-corrected chi connectivity index (χ0v) is 13.6. The van der Waals surface area contributed by atoms with Crippen molar-refractivity contribution in [3.63, 3.8) is 0 Å². The maximum absolute atomic E-state index is 12.0. The molecule has 0 unspecified atom stereocenters. The van der Waals surface area contributed by atoms with E-state index >= 15 is 0 Å². The highest BCUT2D eigenvalue weighted by Gasteiger charge is 2.20. The van der Waals surface area contributed by atoms with Gasteiger partial charge in [-0.05, 0) is 36.6 Å². The molecule has 0 fully saturated rings. The summed E-state index contributed by atoms with van der Waals surface area (Å²) >= 11 is 0. The fraction of sp³-hybridized carbons (Fsp3) is 0.263. The Morgan fingerprint density at radius 1 is 1.09 bits per heavy atom. The third-order valence-corrected chi connectivity index (χ3v) is 3.58. The van der Waals surface area contributed by atoms with E-state index in [0.717, 1.165) is 11.1 Å². The number of aryl methyl sites for hydroxylation is 1. The summed E-state index contributed by atoms with van der Waals surface area (Å²) in [5.74, 6) is -0.136. The molecular formula is C19H20O4. The van der Waals surface area contributed by atoms with Gasteiger partial charge in [-0.25, -0.2) is 4.79 Å². The van der Waals surface area contributed by atoms with Gasteiger partial charge in [0.2, 0.25) is 0 Å². The molecule has 2 aromatic rings. The van der Waals surface area contributed by atoms with Crippen molar-refractivity contribution in [1.82, 2.24) is 0 Å². The lowest BCUT2D eigenvalue weighted by atomic mass is 9.96. The molecule has 0 aliphatic carbocycles. The Hall–Kier alpha value is -2.62. The third-order valence-electron chi connectivity index (χ3n) is 3.58. The van der Waals surface area contributed by atoms with Gasteiger partial charge in [-0.3, -0.25) is 4.79 Å². The average molecular weight is 312 g/mol.